The molecule has 1 aromatic heterocycles. The number of carbonyl (C=O) groups is 1. The third kappa shape index (κ3) is 3.53. The van der Waals surface area contributed by atoms with Crippen LogP contribution in [0, 0.1) is 0 Å². The summed E-state index contributed by atoms with van der Waals surface area (Å²) in [6, 6.07) is 7.65. The van der Waals surface area contributed by atoms with Crippen LogP contribution < -0.4 is 0 Å². The van der Waals surface area contributed by atoms with Gasteiger partial charge >= 0.3 is 5.97 Å². The Balaban J connectivity index is 2.27. The van der Waals surface area contributed by atoms with Crippen molar-refractivity contribution in [3.63, 3.8) is 0 Å². The molecule has 0 atom stereocenters. The van der Waals surface area contributed by atoms with E-state index in [4.69, 9.17) is 4.74 Å². The van der Waals surface area contributed by atoms with Crippen molar-refractivity contribution in [2.24, 2.45) is 0 Å². The summed E-state index contributed by atoms with van der Waals surface area (Å²) in [6.45, 7) is 4.92. The number of esters is 1. The number of carbonyl (C=O) groups excluding carboxylic acids is 1. The number of halogens is 1. The zero-order chi connectivity index (χ0) is 15.4. The Bertz CT molecular complexity index is 650. The van der Waals surface area contributed by atoms with Crippen molar-refractivity contribution in [1.29, 1.82) is 0 Å². The molecule has 0 aliphatic heterocycles. The van der Waals surface area contributed by atoms with Gasteiger partial charge in [-0.2, -0.15) is 5.10 Å². The average Bonchev–Trinajstić information content (AvgIpc) is 2.90. The van der Waals surface area contributed by atoms with Crippen LogP contribution in [0.25, 0.3) is 0 Å². The first kappa shape index (κ1) is 15.8. The van der Waals surface area contributed by atoms with Gasteiger partial charge in [0.15, 0.2) is 0 Å². The van der Waals surface area contributed by atoms with Crippen LogP contribution in [0.15, 0.2) is 28.7 Å². The highest BCUT2D eigenvalue weighted by Crippen LogP contribution is 2.21. The first-order chi connectivity index (χ1) is 10.1. The molecule has 5 heteroatoms. The molecule has 0 spiro atoms. The molecule has 0 unspecified atom stereocenters. The van der Waals surface area contributed by atoms with E-state index in [0.29, 0.717) is 12.1 Å². The van der Waals surface area contributed by atoms with E-state index in [9.17, 15) is 4.79 Å². The number of aryl methyl sites for hydroxylation is 2. The van der Waals surface area contributed by atoms with Crippen molar-refractivity contribution < 1.29 is 9.53 Å². The molecule has 4 nitrogen and oxygen atoms in total. The second-order valence-corrected chi connectivity index (χ2v) is 5.64. The third-order valence-electron chi connectivity index (χ3n) is 3.43. The zero-order valence-electron chi connectivity index (χ0n) is 12.5. The van der Waals surface area contributed by atoms with Crippen molar-refractivity contribution in [3.05, 3.63) is 51.3 Å². The second kappa shape index (κ2) is 6.89. The van der Waals surface area contributed by atoms with Gasteiger partial charge in [-0.3, -0.25) is 4.68 Å². The molecule has 0 aliphatic carbocycles. The summed E-state index contributed by atoms with van der Waals surface area (Å²) < 4.78 is 7.64. The lowest BCUT2D eigenvalue weighted by atomic mass is 10.1. The van der Waals surface area contributed by atoms with Crippen LogP contribution in [0.3, 0.4) is 0 Å². The number of benzene rings is 1. The lowest BCUT2D eigenvalue weighted by Gasteiger charge is -2.09. The fourth-order valence-electron chi connectivity index (χ4n) is 2.19. The molecule has 2 aromatic rings. The van der Waals surface area contributed by atoms with Crippen LogP contribution in [0.2, 0.25) is 0 Å². The average molecular weight is 351 g/mol. The maximum Gasteiger partial charge on any atom is 0.337 e. The predicted octanol–water partition coefficient (Wildman–Crippen LogP) is 3.61. The summed E-state index contributed by atoms with van der Waals surface area (Å²) in [5, 5.41) is 4.61. The monoisotopic (exact) mass is 350 g/mol. The molecule has 1 aromatic carbocycles. The molecule has 1 heterocycles. The minimum absolute atomic E-state index is 0.330. The van der Waals surface area contributed by atoms with Crippen molar-refractivity contribution in [3.8, 4) is 0 Å². The highest BCUT2D eigenvalue weighted by Gasteiger charge is 2.11. The molecule has 0 bridgehead atoms. The molecule has 0 fully saturated rings. The standard InChI is InChI=1S/C16H19BrN2O2/c1-4-13-9-14(5-2)19(18-13)10-12-7-6-11(8-15(12)17)16(20)21-3/h6-9H,4-5,10H2,1-3H3. The number of nitrogens with zero attached hydrogens (tertiary/aromatic N) is 2. The predicted molar refractivity (Wildman–Crippen MR) is 85.6 cm³/mol. The largest absolute Gasteiger partial charge is 0.465 e. The lowest BCUT2D eigenvalue weighted by molar-refractivity contribution is 0.0600. The minimum Gasteiger partial charge on any atom is -0.465 e. The van der Waals surface area contributed by atoms with E-state index < -0.39 is 0 Å². The number of aromatic nitrogens is 2. The van der Waals surface area contributed by atoms with E-state index in [0.717, 1.165) is 28.6 Å². The summed E-state index contributed by atoms with van der Waals surface area (Å²) in [5.74, 6) is -0.330. The van der Waals surface area contributed by atoms with Gasteiger partial charge in [-0.15, -0.1) is 0 Å². The van der Waals surface area contributed by atoms with E-state index in [1.807, 2.05) is 10.7 Å². The SMILES string of the molecule is CCc1cc(CC)n(Cc2ccc(C(=O)OC)cc2Br)n1. The van der Waals surface area contributed by atoms with Crippen LogP contribution >= 0.6 is 15.9 Å². The molecule has 2 rings (SSSR count). The minimum atomic E-state index is -0.330. The van der Waals surface area contributed by atoms with Gasteiger partial charge in [-0.1, -0.05) is 35.8 Å². The topological polar surface area (TPSA) is 44.1 Å². The van der Waals surface area contributed by atoms with Crippen molar-refractivity contribution >= 4 is 21.9 Å². The Morgan fingerprint density at radius 2 is 2.05 bits per heavy atom. The van der Waals surface area contributed by atoms with Gasteiger partial charge in [-0.05, 0) is 36.6 Å². The van der Waals surface area contributed by atoms with Crippen LogP contribution in [-0.4, -0.2) is 22.9 Å². The molecule has 0 amide bonds. The molecule has 0 radical (unpaired) electrons. The summed E-state index contributed by atoms with van der Waals surface area (Å²) in [7, 11) is 1.38. The second-order valence-electron chi connectivity index (χ2n) is 4.79. The van der Waals surface area contributed by atoms with Crippen molar-refractivity contribution in [2.75, 3.05) is 7.11 Å². The molecule has 0 saturated carbocycles. The number of rotatable bonds is 5. The van der Waals surface area contributed by atoms with E-state index in [-0.39, 0.29) is 5.97 Å². The van der Waals surface area contributed by atoms with E-state index in [2.05, 4.69) is 40.9 Å². The van der Waals surface area contributed by atoms with E-state index in [1.54, 1.807) is 12.1 Å². The van der Waals surface area contributed by atoms with Gasteiger partial charge in [0.2, 0.25) is 0 Å². The maximum absolute atomic E-state index is 11.5. The highest BCUT2D eigenvalue weighted by atomic mass is 79.9. The Hall–Kier alpha value is -1.62. The summed E-state index contributed by atoms with van der Waals surface area (Å²) in [5.41, 5.74) is 3.95. The van der Waals surface area contributed by atoms with Gasteiger partial charge in [0, 0.05) is 10.2 Å². The molecular formula is C16H19BrN2O2. The number of hydrogen-bond donors (Lipinski definition) is 0. The molecule has 112 valence electrons. The molecular weight excluding hydrogens is 332 g/mol. The van der Waals surface area contributed by atoms with Gasteiger partial charge in [0.1, 0.15) is 0 Å². The summed E-state index contributed by atoms with van der Waals surface area (Å²) in [6.07, 6.45) is 1.88. The van der Waals surface area contributed by atoms with Gasteiger partial charge in [0.05, 0.1) is 24.9 Å². The Morgan fingerprint density at radius 3 is 2.62 bits per heavy atom. The number of methoxy groups -OCH3 is 1. The normalized spacial score (nSPS) is 10.7. The summed E-state index contributed by atoms with van der Waals surface area (Å²) >= 11 is 3.52. The Labute approximate surface area is 133 Å². The molecule has 0 N–H and O–H groups in total. The fraction of sp³-hybridized carbons (Fsp3) is 0.375. The molecule has 0 saturated heterocycles. The number of ether oxygens (including phenoxy) is 1. The van der Waals surface area contributed by atoms with Gasteiger partial charge < -0.3 is 4.74 Å². The molecule has 0 aliphatic rings. The van der Waals surface area contributed by atoms with Crippen molar-refractivity contribution in [2.45, 2.75) is 33.2 Å². The van der Waals surface area contributed by atoms with Crippen LogP contribution in [0.5, 0.6) is 0 Å². The van der Waals surface area contributed by atoms with Crippen molar-refractivity contribution in [1.82, 2.24) is 9.78 Å². The first-order valence-electron chi connectivity index (χ1n) is 7.01. The fourth-order valence-corrected chi connectivity index (χ4v) is 2.70. The van der Waals surface area contributed by atoms with E-state index >= 15 is 0 Å². The van der Waals surface area contributed by atoms with Gasteiger partial charge in [-0.25, -0.2) is 4.79 Å². The quantitative estimate of drug-likeness (QED) is 0.773. The molecule has 21 heavy (non-hydrogen) atoms. The maximum atomic E-state index is 11.5. The zero-order valence-corrected chi connectivity index (χ0v) is 14.1. The van der Waals surface area contributed by atoms with Gasteiger partial charge in [0.25, 0.3) is 0 Å². The highest BCUT2D eigenvalue weighted by molar-refractivity contribution is 9.10. The van der Waals surface area contributed by atoms with Crippen LogP contribution in [-0.2, 0) is 24.1 Å². The van der Waals surface area contributed by atoms with E-state index in [1.165, 1.54) is 12.8 Å². The smallest absolute Gasteiger partial charge is 0.337 e. The van der Waals surface area contributed by atoms with Crippen LogP contribution in [0.4, 0.5) is 0 Å². The Morgan fingerprint density at radius 1 is 1.29 bits per heavy atom. The van der Waals surface area contributed by atoms with Crippen LogP contribution in [0.1, 0.15) is 41.2 Å². The lowest BCUT2D eigenvalue weighted by Crippen LogP contribution is -2.08. The number of hydrogen-bond acceptors (Lipinski definition) is 3. The Kier molecular flexibility index (Phi) is 5.17. The summed E-state index contributed by atoms with van der Waals surface area (Å²) in [4.78, 5) is 11.5. The first-order valence-corrected chi connectivity index (χ1v) is 7.80. The third-order valence-corrected chi connectivity index (χ3v) is 4.17.